The highest BCUT2D eigenvalue weighted by Crippen LogP contribution is 2.14. The third-order valence-corrected chi connectivity index (χ3v) is 3.71. The van der Waals surface area contributed by atoms with Crippen LogP contribution in [0.4, 0.5) is 8.78 Å². The molecule has 1 aliphatic rings. The number of hydrogen-bond donors (Lipinski definition) is 2. The predicted molar refractivity (Wildman–Crippen MR) is 82.2 cm³/mol. The fourth-order valence-corrected chi connectivity index (χ4v) is 2.53. The molecule has 0 atom stereocenters. The predicted octanol–water partition coefficient (Wildman–Crippen LogP) is 1.04. The number of carbonyl (C=O) groups excluding carboxylic acids is 2. The zero-order valence-electron chi connectivity index (χ0n) is 12.6. The molecule has 0 aliphatic carbocycles. The van der Waals surface area contributed by atoms with Crippen molar-refractivity contribution in [1.82, 2.24) is 10.2 Å². The molecule has 1 aliphatic heterocycles. The highest BCUT2D eigenvalue weighted by atomic mass is 19.1. The molecule has 3 N–H and O–H groups in total. The molecule has 2 rings (SSSR count). The quantitative estimate of drug-likeness (QED) is 0.795. The van der Waals surface area contributed by atoms with Crippen molar-refractivity contribution in [2.75, 3.05) is 19.6 Å². The molecule has 0 aromatic heterocycles. The number of nitrogens with zero attached hydrogens (tertiary/aromatic N) is 1. The van der Waals surface area contributed by atoms with E-state index in [0.29, 0.717) is 25.9 Å². The van der Waals surface area contributed by atoms with Gasteiger partial charge in [0.05, 0.1) is 6.54 Å². The lowest BCUT2D eigenvalue weighted by atomic mass is 10.0. The number of piperidine rings is 1. The fraction of sp³-hybridized carbons (Fsp3) is 0.375. The van der Waals surface area contributed by atoms with Crippen LogP contribution in [-0.4, -0.2) is 42.4 Å². The number of benzene rings is 1. The number of carbonyl (C=O) groups is 2. The van der Waals surface area contributed by atoms with E-state index in [1.54, 1.807) is 0 Å². The van der Waals surface area contributed by atoms with E-state index in [2.05, 4.69) is 5.32 Å². The van der Waals surface area contributed by atoms with Crippen LogP contribution in [0.25, 0.3) is 6.08 Å². The monoisotopic (exact) mass is 323 g/mol. The van der Waals surface area contributed by atoms with Crippen LogP contribution in [-0.2, 0) is 9.59 Å². The molecule has 7 heteroatoms. The normalized spacial score (nSPS) is 16.6. The van der Waals surface area contributed by atoms with E-state index < -0.39 is 17.5 Å². The van der Waals surface area contributed by atoms with E-state index in [1.807, 2.05) is 4.90 Å². The van der Waals surface area contributed by atoms with Crippen LogP contribution in [0.15, 0.2) is 24.3 Å². The molecule has 0 saturated carbocycles. The number of nitrogens with one attached hydrogen (secondary N) is 1. The summed E-state index contributed by atoms with van der Waals surface area (Å²) in [5, 5.41) is 2.79. The van der Waals surface area contributed by atoms with Gasteiger partial charge in [-0.2, -0.15) is 0 Å². The summed E-state index contributed by atoms with van der Waals surface area (Å²) >= 11 is 0. The molecule has 0 bridgehead atoms. The molecule has 23 heavy (non-hydrogen) atoms. The van der Waals surface area contributed by atoms with Gasteiger partial charge in [-0.25, -0.2) is 8.78 Å². The maximum absolute atomic E-state index is 13.4. The summed E-state index contributed by atoms with van der Waals surface area (Å²) in [7, 11) is 0. The van der Waals surface area contributed by atoms with Gasteiger partial charge in [0, 0.05) is 30.8 Å². The Morgan fingerprint density at radius 1 is 1.26 bits per heavy atom. The molecule has 1 aromatic rings. The smallest absolute Gasteiger partial charge is 0.244 e. The SMILES string of the molecule is NC(=O)CN1CCC(NC(=O)C=Cc2c(F)cccc2F)CC1. The molecule has 124 valence electrons. The minimum absolute atomic E-state index is 0.0262. The van der Waals surface area contributed by atoms with Gasteiger partial charge in [0.2, 0.25) is 11.8 Å². The number of rotatable bonds is 5. The Morgan fingerprint density at radius 2 is 1.87 bits per heavy atom. The molecule has 1 fully saturated rings. The molecule has 0 spiro atoms. The van der Waals surface area contributed by atoms with E-state index in [0.717, 1.165) is 24.3 Å². The van der Waals surface area contributed by atoms with E-state index in [1.165, 1.54) is 6.07 Å². The van der Waals surface area contributed by atoms with Gasteiger partial charge in [0.1, 0.15) is 11.6 Å². The molecule has 0 radical (unpaired) electrons. The maximum atomic E-state index is 13.4. The first-order valence-electron chi connectivity index (χ1n) is 7.39. The molecular formula is C16H19F2N3O2. The standard InChI is InChI=1S/C16H19F2N3O2/c17-13-2-1-3-14(18)12(13)4-5-16(23)20-11-6-8-21(9-7-11)10-15(19)22/h1-5,11H,6-10H2,(H2,19,22)(H,20,23). The molecular weight excluding hydrogens is 304 g/mol. The van der Waals surface area contributed by atoms with Crippen molar-refractivity contribution in [1.29, 1.82) is 0 Å². The van der Waals surface area contributed by atoms with Crippen LogP contribution in [0.1, 0.15) is 18.4 Å². The van der Waals surface area contributed by atoms with Gasteiger partial charge in [0.25, 0.3) is 0 Å². The van der Waals surface area contributed by atoms with Crippen LogP contribution < -0.4 is 11.1 Å². The first-order valence-corrected chi connectivity index (χ1v) is 7.39. The van der Waals surface area contributed by atoms with Crippen LogP contribution >= 0.6 is 0 Å². The summed E-state index contributed by atoms with van der Waals surface area (Å²) in [4.78, 5) is 24.6. The Hall–Kier alpha value is -2.28. The van der Waals surface area contributed by atoms with Crippen molar-refractivity contribution in [3.05, 3.63) is 41.5 Å². The zero-order chi connectivity index (χ0) is 16.8. The molecule has 2 amide bonds. The third kappa shape index (κ3) is 5.14. The van der Waals surface area contributed by atoms with Gasteiger partial charge >= 0.3 is 0 Å². The second-order valence-electron chi connectivity index (χ2n) is 5.49. The van der Waals surface area contributed by atoms with E-state index >= 15 is 0 Å². The van der Waals surface area contributed by atoms with Crippen LogP contribution in [0.2, 0.25) is 0 Å². The lowest BCUT2D eigenvalue weighted by Gasteiger charge is -2.31. The highest BCUT2D eigenvalue weighted by Gasteiger charge is 2.20. The highest BCUT2D eigenvalue weighted by molar-refractivity contribution is 5.92. The minimum atomic E-state index is -0.714. The lowest BCUT2D eigenvalue weighted by molar-refractivity contribution is -0.120. The average molecular weight is 323 g/mol. The Morgan fingerprint density at radius 3 is 2.43 bits per heavy atom. The second kappa shape index (κ2) is 7.82. The summed E-state index contributed by atoms with van der Waals surface area (Å²) in [6.45, 7) is 1.55. The Balaban J connectivity index is 1.84. The van der Waals surface area contributed by atoms with E-state index in [4.69, 9.17) is 5.73 Å². The molecule has 0 unspecified atom stereocenters. The summed E-state index contributed by atoms with van der Waals surface area (Å²) < 4.78 is 26.9. The molecule has 5 nitrogen and oxygen atoms in total. The van der Waals surface area contributed by atoms with Gasteiger partial charge in [0.15, 0.2) is 0 Å². The van der Waals surface area contributed by atoms with Crippen molar-refractivity contribution in [2.45, 2.75) is 18.9 Å². The Labute approximate surface area is 133 Å². The fourth-order valence-electron chi connectivity index (χ4n) is 2.53. The van der Waals surface area contributed by atoms with Gasteiger partial charge in [-0.15, -0.1) is 0 Å². The van der Waals surface area contributed by atoms with E-state index in [9.17, 15) is 18.4 Å². The minimum Gasteiger partial charge on any atom is -0.369 e. The molecule has 1 saturated heterocycles. The maximum Gasteiger partial charge on any atom is 0.244 e. The first-order chi connectivity index (χ1) is 11.0. The molecule has 1 aromatic carbocycles. The second-order valence-corrected chi connectivity index (χ2v) is 5.49. The summed E-state index contributed by atoms with van der Waals surface area (Å²) in [6, 6.07) is 3.51. The lowest BCUT2D eigenvalue weighted by Crippen LogP contribution is -2.46. The number of primary amides is 1. The largest absolute Gasteiger partial charge is 0.369 e. The summed E-state index contributed by atoms with van der Waals surface area (Å²) in [5.41, 5.74) is 4.90. The van der Waals surface area contributed by atoms with Gasteiger partial charge in [-0.3, -0.25) is 14.5 Å². The van der Waals surface area contributed by atoms with Crippen molar-refractivity contribution in [3.8, 4) is 0 Å². The average Bonchev–Trinajstić information content (AvgIpc) is 2.48. The van der Waals surface area contributed by atoms with E-state index in [-0.39, 0.29) is 24.1 Å². The van der Waals surface area contributed by atoms with Crippen molar-refractivity contribution in [3.63, 3.8) is 0 Å². The van der Waals surface area contributed by atoms with Crippen LogP contribution in [0.3, 0.4) is 0 Å². The van der Waals surface area contributed by atoms with Crippen molar-refractivity contribution >= 4 is 17.9 Å². The van der Waals surface area contributed by atoms with Gasteiger partial charge < -0.3 is 11.1 Å². The summed E-state index contributed by atoms with van der Waals surface area (Å²) in [5.74, 6) is -2.20. The Kier molecular flexibility index (Phi) is 5.81. The topological polar surface area (TPSA) is 75.4 Å². The number of hydrogen-bond acceptors (Lipinski definition) is 3. The third-order valence-electron chi connectivity index (χ3n) is 3.71. The first kappa shape index (κ1) is 17.1. The Bertz CT molecular complexity index is 591. The number of amides is 2. The number of halogens is 2. The molecule has 1 heterocycles. The van der Waals surface area contributed by atoms with Crippen LogP contribution in [0.5, 0.6) is 0 Å². The number of nitrogens with two attached hydrogens (primary N) is 1. The number of likely N-dealkylation sites (tertiary alicyclic amines) is 1. The van der Waals surface area contributed by atoms with Crippen LogP contribution in [0, 0.1) is 11.6 Å². The zero-order valence-corrected chi connectivity index (χ0v) is 12.6. The van der Waals surface area contributed by atoms with Gasteiger partial charge in [-0.1, -0.05) is 6.07 Å². The summed E-state index contributed by atoms with van der Waals surface area (Å²) in [6.07, 6.45) is 3.64. The van der Waals surface area contributed by atoms with Crippen molar-refractivity contribution < 1.29 is 18.4 Å². The van der Waals surface area contributed by atoms with Crippen molar-refractivity contribution in [2.24, 2.45) is 5.73 Å². The van der Waals surface area contributed by atoms with Gasteiger partial charge in [-0.05, 0) is 31.1 Å².